The smallest absolute Gasteiger partial charge is 0.407 e. The maximum atomic E-state index is 11.9. The normalized spacial score (nSPS) is 19.2. The number of hydrogen-bond acceptors (Lipinski definition) is 3. The fourth-order valence-electron chi connectivity index (χ4n) is 3.51. The molecule has 0 aliphatic carbocycles. The molecule has 0 spiro atoms. The molecule has 7 heteroatoms. The Bertz CT molecular complexity index is 673. The van der Waals surface area contributed by atoms with Crippen molar-refractivity contribution >= 4 is 30.9 Å². The number of piperazine rings is 1. The Kier molecular flexibility index (Phi) is 8.85. The van der Waals surface area contributed by atoms with Crippen LogP contribution < -0.4 is 5.32 Å². The summed E-state index contributed by atoms with van der Waals surface area (Å²) in [4.78, 5) is 17.7. The van der Waals surface area contributed by atoms with Gasteiger partial charge in [-0.1, -0.05) is 36.4 Å². The first-order valence-electron chi connectivity index (χ1n) is 8.34. The van der Waals surface area contributed by atoms with E-state index in [-0.39, 0.29) is 24.8 Å². The first kappa shape index (κ1) is 22.2. The molecule has 1 saturated heterocycles. The van der Waals surface area contributed by atoms with Crippen LogP contribution in [-0.4, -0.2) is 46.3 Å². The lowest BCUT2D eigenvalue weighted by Gasteiger charge is -2.46. The molecule has 2 aromatic rings. The Hall–Kier alpha value is -1.82. The fraction of sp³-hybridized carbons (Fsp3) is 0.368. The number of aryl methyl sites for hydroxylation is 1. The second-order valence-corrected chi connectivity index (χ2v) is 6.36. The molecule has 0 saturated carbocycles. The Morgan fingerprint density at radius 3 is 2.54 bits per heavy atom. The van der Waals surface area contributed by atoms with Gasteiger partial charge in [0.05, 0.1) is 5.54 Å². The molecule has 1 fully saturated rings. The highest BCUT2D eigenvalue weighted by Crippen LogP contribution is 2.28. The summed E-state index contributed by atoms with van der Waals surface area (Å²) in [5.41, 5.74) is 1.88. The van der Waals surface area contributed by atoms with Crippen molar-refractivity contribution in [2.45, 2.75) is 24.8 Å². The van der Waals surface area contributed by atoms with Gasteiger partial charge in [-0.3, -0.25) is 9.88 Å². The van der Waals surface area contributed by atoms with Crippen molar-refractivity contribution in [2.24, 2.45) is 0 Å². The Balaban J connectivity index is 0.00000169. The van der Waals surface area contributed by atoms with E-state index in [0.717, 1.165) is 18.4 Å². The molecule has 1 aliphatic rings. The molecule has 1 amide bonds. The van der Waals surface area contributed by atoms with Gasteiger partial charge in [0.1, 0.15) is 0 Å². The summed E-state index contributed by atoms with van der Waals surface area (Å²) in [7, 11) is 0. The van der Waals surface area contributed by atoms with Crippen LogP contribution in [0.15, 0.2) is 54.9 Å². The molecule has 0 bridgehead atoms. The third kappa shape index (κ3) is 5.34. The number of benzene rings is 1. The maximum absolute atomic E-state index is 11.9. The SMILES string of the molecule is Cl.Cl.O=C(O)N1CCNCC1(CCc1cccnc1)Cc1ccccc1. The van der Waals surface area contributed by atoms with Crippen LogP contribution in [0.2, 0.25) is 0 Å². The van der Waals surface area contributed by atoms with E-state index in [1.807, 2.05) is 36.5 Å². The molecule has 1 aromatic heterocycles. The van der Waals surface area contributed by atoms with Crippen LogP contribution in [0, 0.1) is 0 Å². The first-order valence-corrected chi connectivity index (χ1v) is 8.34. The highest BCUT2D eigenvalue weighted by Gasteiger charge is 2.41. The minimum Gasteiger partial charge on any atom is -0.465 e. The molecule has 0 radical (unpaired) electrons. The zero-order valence-corrected chi connectivity index (χ0v) is 16.1. The molecule has 1 aliphatic heterocycles. The van der Waals surface area contributed by atoms with Crippen molar-refractivity contribution < 1.29 is 9.90 Å². The molecule has 142 valence electrons. The third-order valence-electron chi connectivity index (χ3n) is 4.75. The molecule has 5 nitrogen and oxygen atoms in total. The van der Waals surface area contributed by atoms with Crippen molar-refractivity contribution in [1.29, 1.82) is 0 Å². The molecule has 2 N–H and O–H groups in total. The van der Waals surface area contributed by atoms with Gasteiger partial charge in [0.25, 0.3) is 0 Å². The third-order valence-corrected chi connectivity index (χ3v) is 4.75. The van der Waals surface area contributed by atoms with Gasteiger partial charge >= 0.3 is 6.09 Å². The summed E-state index contributed by atoms with van der Waals surface area (Å²) >= 11 is 0. The number of pyridine rings is 1. The summed E-state index contributed by atoms with van der Waals surface area (Å²) < 4.78 is 0. The lowest BCUT2D eigenvalue weighted by Crippen LogP contribution is -2.64. The number of nitrogens with one attached hydrogen (secondary N) is 1. The van der Waals surface area contributed by atoms with E-state index in [1.165, 1.54) is 5.56 Å². The number of nitrogens with zero attached hydrogens (tertiary/aromatic N) is 2. The van der Waals surface area contributed by atoms with Crippen molar-refractivity contribution in [3.63, 3.8) is 0 Å². The summed E-state index contributed by atoms with van der Waals surface area (Å²) in [5, 5.41) is 13.1. The molecule has 2 heterocycles. The second kappa shape index (κ2) is 10.4. The summed E-state index contributed by atoms with van der Waals surface area (Å²) in [6.07, 6.45) is 5.08. The van der Waals surface area contributed by atoms with Crippen molar-refractivity contribution in [3.8, 4) is 0 Å². The number of carboxylic acid groups (broad SMARTS) is 1. The van der Waals surface area contributed by atoms with Gasteiger partial charge in [0.15, 0.2) is 0 Å². The second-order valence-electron chi connectivity index (χ2n) is 6.36. The molecule has 3 rings (SSSR count). The summed E-state index contributed by atoms with van der Waals surface area (Å²) in [6, 6.07) is 14.1. The zero-order chi connectivity index (χ0) is 16.8. The van der Waals surface area contributed by atoms with Gasteiger partial charge in [-0.05, 0) is 36.5 Å². The van der Waals surface area contributed by atoms with Crippen LogP contribution in [0.25, 0.3) is 0 Å². The molecule has 1 unspecified atom stereocenters. The molecule has 1 aromatic carbocycles. The van der Waals surface area contributed by atoms with Crippen LogP contribution in [-0.2, 0) is 12.8 Å². The first-order chi connectivity index (χ1) is 11.7. The average molecular weight is 398 g/mol. The Morgan fingerprint density at radius 1 is 1.15 bits per heavy atom. The fourth-order valence-corrected chi connectivity index (χ4v) is 3.51. The van der Waals surface area contributed by atoms with Crippen LogP contribution >= 0.6 is 24.8 Å². The van der Waals surface area contributed by atoms with Gasteiger partial charge in [-0.25, -0.2) is 4.79 Å². The van der Waals surface area contributed by atoms with E-state index in [1.54, 1.807) is 11.1 Å². The largest absolute Gasteiger partial charge is 0.465 e. The van der Waals surface area contributed by atoms with E-state index in [2.05, 4.69) is 22.4 Å². The summed E-state index contributed by atoms with van der Waals surface area (Å²) in [5.74, 6) is 0. The molecule has 1 atom stereocenters. The number of hydrogen-bond donors (Lipinski definition) is 2. The van der Waals surface area contributed by atoms with Gasteiger partial charge in [-0.2, -0.15) is 0 Å². The van der Waals surface area contributed by atoms with Crippen LogP contribution in [0.4, 0.5) is 4.79 Å². The lowest BCUT2D eigenvalue weighted by atomic mass is 9.82. The van der Waals surface area contributed by atoms with Crippen LogP contribution in [0.3, 0.4) is 0 Å². The van der Waals surface area contributed by atoms with Crippen molar-refractivity contribution in [2.75, 3.05) is 19.6 Å². The standard InChI is InChI=1S/C19H23N3O2.2ClH/c23-18(24)22-12-11-21-15-19(22,13-16-5-2-1-3-6-16)9-8-17-7-4-10-20-14-17;;/h1-7,10,14,21H,8-9,11-13,15H2,(H,23,24);2*1H. The predicted octanol–water partition coefficient (Wildman–Crippen LogP) is 3.42. The van der Waals surface area contributed by atoms with E-state index in [0.29, 0.717) is 26.1 Å². The minimum absolute atomic E-state index is 0. The predicted molar refractivity (Wildman–Crippen MR) is 108 cm³/mol. The highest BCUT2D eigenvalue weighted by atomic mass is 35.5. The average Bonchev–Trinajstić information content (AvgIpc) is 2.62. The van der Waals surface area contributed by atoms with E-state index >= 15 is 0 Å². The van der Waals surface area contributed by atoms with Crippen LogP contribution in [0.5, 0.6) is 0 Å². The van der Waals surface area contributed by atoms with Crippen molar-refractivity contribution in [3.05, 3.63) is 66.0 Å². The van der Waals surface area contributed by atoms with E-state index in [9.17, 15) is 9.90 Å². The summed E-state index contributed by atoms with van der Waals surface area (Å²) in [6.45, 7) is 1.90. The number of halogens is 2. The minimum atomic E-state index is -0.835. The van der Waals surface area contributed by atoms with E-state index in [4.69, 9.17) is 0 Å². The van der Waals surface area contributed by atoms with Gasteiger partial charge < -0.3 is 10.4 Å². The molecule has 26 heavy (non-hydrogen) atoms. The topological polar surface area (TPSA) is 65.5 Å². The van der Waals surface area contributed by atoms with Crippen LogP contribution in [0.1, 0.15) is 17.5 Å². The van der Waals surface area contributed by atoms with Gasteiger partial charge in [0.2, 0.25) is 0 Å². The Morgan fingerprint density at radius 2 is 1.88 bits per heavy atom. The number of rotatable bonds is 5. The monoisotopic (exact) mass is 397 g/mol. The Labute approximate surface area is 166 Å². The quantitative estimate of drug-likeness (QED) is 0.810. The molecular weight excluding hydrogens is 373 g/mol. The van der Waals surface area contributed by atoms with Gasteiger partial charge in [0, 0.05) is 32.0 Å². The molecular formula is C19H25Cl2N3O2. The lowest BCUT2D eigenvalue weighted by molar-refractivity contribution is 0.0508. The van der Waals surface area contributed by atoms with Crippen molar-refractivity contribution in [1.82, 2.24) is 15.2 Å². The maximum Gasteiger partial charge on any atom is 0.407 e. The van der Waals surface area contributed by atoms with E-state index < -0.39 is 11.6 Å². The van der Waals surface area contributed by atoms with Gasteiger partial charge in [-0.15, -0.1) is 24.8 Å². The highest BCUT2D eigenvalue weighted by molar-refractivity contribution is 5.85. The number of aromatic nitrogens is 1. The number of amides is 1. The zero-order valence-electron chi connectivity index (χ0n) is 14.5. The number of carbonyl (C=O) groups is 1.